The maximum atomic E-state index is 5.97. The highest BCUT2D eigenvalue weighted by Gasteiger charge is 2.37. The molecule has 3 radical (unpaired) electrons. The summed E-state index contributed by atoms with van der Waals surface area (Å²) in [6.45, 7) is 14.5. The summed E-state index contributed by atoms with van der Waals surface area (Å²) in [6, 6.07) is 13.3. The van der Waals surface area contributed by atoms with Crippen LogP contribution >= 0.6 is 0 Å². The molecular weight excluding hydrogens is 262 g/mol. The van der Waals surface area contributed by atoms with E-state index in [0.29, 0.717) is 0 Å². The summed E-state index contributed by atoms with van der Waals surface area (Å²) in [5.74, 6) is 0. The van der Waals surface area contributed by atoms with E-state index in [4.69, 9.17) is 7.74 Å². The molecule has 0 heterocycles. The van der Waals surface area contributed by atoms with Gasteiger partial charge in [-0.15, -0.1) is 0 Å². The molecule has 2 aromatic carbocycles. The first-order valence-corrected chi connectivity index (χ1v) is 8.35. The molecule has 2 heteroatoms. The Bertz CT molecular complexity index is 578. The molecule has 0 saturated carbocycles. The van der Waals surface area contributed by atoms with Crippen molar-refractivity contribution in [1.29, 1.82) is 0 Å². The first kappa shape index (κ1) is 18.6. The third-order valence-corrected chi connectivity index (χ3v) is 4.09. The minimum absolute atomic E-state index is 0.164. The quantitative estimate of drug-likeness (QED) is 0.618. The third kappa shape index (κ3) is 3.02. The summed E-state index contributed by atoms with van der Waals surface area (Å²) in [6.07, 6.45) is 0. The van der Waals surface area contributed by atoms with E-state index in [0.717, 1.165) is 0 Å². The molecule has 0 aliphatic heterocycles. The van der Waals surface area contributed by atoms with Crippen molar-refractivity contribution in [3.8, 4) is 11.1 Å². The van der Waals surface area contributed by atoms with Crippen molar-refractivity contribution in [2.45, 2.75) is 53.8 Å². The molecule has 0 saturated heterocycles. The molecule has 2 aromatic rings. The van der Waals surface area contributed by atoms with Crippen LogP contribution in [0.4, 0.5) is 0 Å². The molecule has 0 fully saturated rings. The topological polar surface area (TPSA) is 0 Å². The van der Waals surface area contributed by atoms with Crippen molar-refractivity contribution in [2.24, 2.45) is 0 Å². The lowest BCUT2D eigenvalue weighted by molar-refractivity contribution is 0.842. The highest BCUT2D eigenvalue weighted by Crippen LogP contribution is 2.48. The largest absolute Gasteiger partial charge is 0.0746 e. The second kappa shape index (κ2) is 7.72. The minimum Gasteiger partial charge on any atom is -0.0683 e. The normalized spacial score (nSPS) is 12.9. The first-order chi connectivity index (χ1) is 10.6. The lowest BCUT2D eigenvalue weighted by atomic mass is 9.37. The van der Waals surface area contributed by atoms with Crippen molar-refractivity contribution in [1.82, 2.24) is 0 Å². The average molecular weight is 289 g/mol. The highest BCUT2D eigenvalue weighted by atomic mass is 14.3. The summed E-state index contributed by atoms with van der Waals surface area (Å²) in [4.78, 5) is 0. The molecule has 1 aliphatic carbocycles. The van der Waals surface area contributed by atoms with Gasteiger partial charge >= 0.3 is 0 Å². The van der Waals surface area contributed by atoms with Crippen LogP contribution in [0.5, 0.6) is 0 Å². The Hall–Kier alpha value is -1.43. The van der Waals surface area contributed by atoms with Gasteiger partial charge in [0.25, 0.3) is 0 Å². The van der Waals surface area contributed by atoms with Gasteiger partial charge in [-0.2, -0.15) is 0 Å². The molecule has 0 N–H and O–H groups in total. The van der Waals surface area contributed by atoms with E-state index in [1.54, 1.807) is 0 Å². The van der Waals surface area contributed by atoms with Crippen LogP contribution < -0.4 is 0 Å². The van der Waals surface area contributed by atoms with Gasteiger partial charge in [0.2, 0.25) is 0 Å². The van der Waals surface area contributed by atoms with Crippen LogP contribution in [0.15, 0.2) is 36.4 Å². The maximum Gasteiger partial charge on any atom is 0.0746 e. The Morgan fingerprint density at radius 1 is 0.773 bits per heavy atom. The molecule has 0 spiro atoms. The van der Waals surface area contributed by atoms with E-state index < -0.39 is 0 Å². The lowest BCUT2D eigenvalue weighted by Crippen LogP contribution is -2.29. The van der Waals surface area contributed by atoms with Gasteiger partial charge in [-0.25, -0.2) is 0 Å². The second-order valence-corrected chi connectivity index (χ2v) is 5.47. The van der Waals surface area contributed by atoms with Gasteiger partial charge in [-0.1, -0.05) is 82.1 Å². The Morgan fingerprint density at radius 2 is 1.14 bits per heavy atom. The van der Waals surface area contributed by atoms with Gasteiger partial charge in [-0.05, 0) is 41.4 Å². The number of rotatable bonds is 1. The summed E-state index contributed by atoms with van der Waals surface area (Å²) < 4.78 is 0. The van der Waals surface area contributed by atoms with Crippen LogP contribution in [-0.4, -0.2) is 14.9 Å². The molecule has 22 heavy (non-hydrogen) atoms. The van der Waals surface area contributed by atoms with E-state index in [1.165, 1.54) is 33.4 Å². The molecule has 0 atom stereocenters. The molecule has 0 nitrogen and oxygen atoms in total. The molecule has 3 rings (SSSR count). The first-order valence-electron chi connectivity index (χ1n) is 8.35. The van der Waals surface area contributed by atoms with Crippen LogP contribution in [0, 0.1) is 13.8 Å². The molecule has 0 bridgehead atoms. The molecule has 0 amide bonds. The monoisotopic (exact) mass is 289 g/mol. The number of hydrogen-bond donors (Lipinski definition) is 0. The predicted octanol–water partition coefficient (Wildman–Crippen LogP) is 5.39. The number of hydrogen-bond acceptors (Lipinski definition) is 0. The summed E-state index contributed by atoms with van der Waals surface area (Å²) in [7, 11) is 7.80. The SMILES string of the molecule is CC.CC.[B][B]C1(C)c2cc(C)ccc2-c2ccc(C)cc21. The molecule has 113 valence electrons. The van der Waals surface area contributed by atoms with Crippen LogP contribution in [0.25, 0.3) is 11.1 Å². The van der Waals surface area contributed by atoms with Gasteiger partial charge in [0.15, 0.2) is 0 Å². The van der Waals surface area contributed by atoms with E-state index in [1.807, 2.05) is 34.9 Å². The van der Waals surface area contributed by atoms with Gasteiger partial charge < -0.3 is 0 Å². The third-order valence-electron chi connectivity index (χ3n) is 4.09. The number of fused-ring (bicyclic) bond motifs is 3. The zero-order valence-corrected chi connectivity index (χ0v) is 15.1. The predicted molar refractivity (Wildman–Crippen MR) is 102 cm³/mol. The van der Waals surface area contributed by atoms with Crippen LogP contribution in [0.2, 0.25) is 0 Å². The summed E-state index contributed by atoms with van der Waals surface area (Å²) >= 11 is 0. The van der Waals surface area contributed by atoms with E-state index in [2.05, 4.69) is 57.2 Å². The minimum atomic E-state index is -0.164. The van der Waals surface area contributed by atoms with Gasteiger partial charge in [0.05, 0.1) is 7.17 Å². The zero-order valence-electron chi connectivity index (χ0n) is 15.1. The van der Waals surface area contributed by atoms with Gasteiger partial charge in [0.1, 0.15) is 0 Å². The fourth-order valence-corrected chi connectivity index (χ4v) is 2.97. The van der Waals surface area contributed by atoms with Crippen molar-refractivity contribution in [3.63, 3.8) is 0 Å². The Morgan fingerprint density at radius 3 is 1.45 bits per heavy atom. The Labute approximate surface area is 139 Å². The molecular formula is C20H27B2. The standard InChI is InChI=1S/C16H15B2.2C2H6/c1-10-4-6-12-13-7-5-11(2)9-15(13)16(3,18-17)14(12)8-10;2*1-2/h4-9H,1-3H3;2*1-2H3. The van der Waals surface area contributed by atoms with Gasteiger partial charge in [0, 0.05) is 7.74 Å². The maximum absolute atomic E-state index is 5.97. The highest BCUT2D eigenvalue weighted by molar-refractivity contribution is 6.91. The zero-order chi connectivity index (χ0) is 16.9. The summed E-state index contributed by atoms with van der Waals surface area (Å²) in [5.41, 5.74) is 7.86. The smallest absolute Gasteiger partial charge is 0.0683 e. The summed E-state index contributed by atoms with van der Waals surface area (Å²) in [5, 5.41) is -0.164. The number of aryl methyl sites for hydroxylation is 2. The Kier molecular flexibility index (Phi) is 6.53. The van der Waals surface area contributed by atoms with Crippen molar-refractivity contribution in [3.05, 3.63) is 58.7 Å². The molecule has 1 aliphatic rings. The van der Waals surface area contributed by atoms with Crippen molar-refractivity contribution in [2.75, 3.05) is 0 Å². The fraction of sp³-hybridized carbons (Fsp3) is 0.400. The van der Waals surface area contributed by atoms with Crippen LogP contribution in [0.3, 0.4) is 0 Å². The number of benzene rings is 2. The average Bonchev–Trinajstić information content (AvgIpc) is 2.80. The molecule has 0 aromatic heterocycles. The Balaban J connectivity index is 0.000000561. The van der Waals surface area contributed by atoms with Crippen molar-refractivity contribution < 1.29 is 0 Å². The fourth-order valence-electron chi connectivity index (χ4n) is 2.97. The van der Waals surface area contributed by atoms with Crippen LogP contribution in [0.1, 0.15) is 56.9 Å². The van der Waals surface area contributed by atoms with E-state index in [9.17, 15) is 0 Å². The van der Waals surface area contributed by atoms with Crippen LogP contribution in [-0.2, 0) is 5.31 Å². The van der Waals surface area contributed by atoms with Crippen molar-refractivity contribution >= 4 is 14.9 Å². The second-order valence-electron chi connectivity index (χ2n) is 5.47. The van der Waals surface area contributed by atoms with E-state index >= 15 is 0 Å². The lowest BCUT2D eigenvalue weighted by Gasteiger charge is -2.26. The molecule has 0 unspecified atom stereocenters. The van der Waals surface area contributed by atoms with Gasteiger partial charge in [-0.3, -0.25) is 0 Å². The van der Waals surface area contributed by atoms with E-state index in [-0.39, 0.29) is 5.31 Å².